The molecule has 0 saturated heterocycles. The Hall–Kier alpha value is -1.26. The highest BCUT2D eigenvalue weighted by Crippen LogP contribution is 2.32. The lowest BCUT2D eigenvalue weighted by Gasteiger charge is -2.10. The molecule has 0 fully saturated rings. The van der Waals surface area contributed by atoms with Gasteiger partial charge in [0.2, 0.25) is 0 Å². The zero-order valence-corrected chi connectivity index (χ0v) is 10.6. The number of hydrogen-bond donors (Lipinski definition) is 1. The highest BCUT2D eigenvalue weighted by Gasteiger charge is 2.12. The molecule has 0 bridgehead atoms. The summed E-state index contributed by atoms with van der Waals surface area (Å²) in [7, 11) is 1.61. The molecule has 0 heterocycles. The molecule has 17 heavy (non-hydrogen) atoms. The molecule has 1 aromatic carbocycles. The fourth-order valence-electron chi connectivity index (χ4n) is 1.32. The van der Waals surface area contributed by atoms with Crippen molar-refractivity contribution in [3.63, 3.8) is 0 Å². The van der Waals surface area contributed by atoms with Crippen LogP contribution in [0.15, 0.2) is 12.1 Å². The number of phenols is 1. The number of hydrogen-bond acceptors (Lipinski definition) is 4. The number of methoxy groups -OCH3 is 1. The largest absolute Gasteiger partial charge is 0.507 e. The first-order valence-corrected chi connectivity index (χ1v) is 5.59. The van der Waals surface area contributed by atoms with E-state index in [-0.39, 0.29) is 17.1 Å². The van der Waals surface area contributed by atoms with Crippen molar-refractivity contribution < 1.29 is 19.4 Å². The maximum atomic E-state index is 11.2. The first kappa shape index (κ1) is 13.8. The Morgan fingerprint density at radius 3 is 2.71 bits per heavy atom. The molecule has 1 N–H and O–H groups in total. The predicted octanol–water partition coefficient (Wildman–Crippen LogP) is 2.66. The van der Waals surface area contributed by atoms with E-state index in [2.05, 4.69) is 0 Å². The van der Waals surface area contributed by atoms with Crippen LogP contribution in [0.1, 0.15) is 23.7 Å². The molecule has 0 amide bonds. The summed E-state index contributed by atoms with van der Waals surface area (Å²) >= 11 is 5.94. The summed E-state index contributed by atoms with van der Waals surface area (Å²) < 4.78 is 10.2. The van der Waals surface area contributed by atoms with Gasteiger partial charge in [-0.15, -0.1) is 0 Å². The van der Waals surface area contributed by atoms with Gasteiger partial charge in [0.25, 0.3) is 0 Å². The number of carbonyl (C=O) groups excluding carboxylic acids is 1. The van der Waals surface area contributed by atoms with E-state index in [9.17, 15) is 9.90 Å². The predicted molar refractivity (Wildman–Crippen MR) is 65.1 cm³/mol. The van der Waals surface area contributed by atoms with Crippen LogP contribution in [0.4, 0.5) is 0 Å². The highest BCUT2D eigenvalue weighted by molar-refractivity contribution is 6.32. The van der Waals surface area contributed by atoms with Crippen LogP contribution in [0.3, 0.4) is 0 Å². The topological polar surface area (TPSA) is 55.8 Å². The van der Waals surface area contributed by atoms with Gasteiger partial charge < -0.3 is 14.6 Å². The van der Waals surface area contributed by atoms with Crippen molar-refractivity contribution in [2.75, 3.05) is 20.3 Å². The molecule has 1 rings (SSSR count). The SMILES string of the molecule is COCCCOc1cc(O)c(C(C)=O)cc1Cl. The van der Waals surface area contributed by atoms with Crippen molar-refractivity contribution in [2.24, 2.45) is 0 Å². The first-order valence-electron chi connectivity index (χ1n) is 5.21. The Morgan fingerprint density at radius 2 is 2.12 bits per heavy atom. The van der Waals surface area contributed by atoms with Gasteiger partial charge in [-0.05, 0) is 13.0 Å². The highest BCUT2D eigenvalue weighted by atomic mass is 35.5. The number of benzene rings is 1. The fourth-order valence-corrected chi connectivity index (χ4v) is 1.54. The molecule has 0 atom stereocenters. The molecule has 4 nitrogen and oxygen atoms in total. The Morgan fingerprint density at radius 1 is 1.41 bits per heavy atom. The van der Waals surface area contributed by atoms with Crippen LogP contribution in [0, 0.1) is 0 Å². The molecule has 1 aromatic rings. The minimum absolute atomic E-state index is 0.122. The molecular formula is C12H15ClO4. The molecule has 5 heteroatoms. The van der Waals surface area contributed by atoms with E-state index < -0.39 is 0 Å². The molecule has 0 unspecified atom stereocenters. The van der Waals surface area contributed by atoms with Crippen molar-refractivity contribution >= 4 is 17.4 Å². The third-order valence-electron chi connectivity index (χ3n) is 2.18. The van der Waals surface area contributed by atoms with Gasteiger partial charge in [-0.1, -0.05) is 11.6 Å². The lowest BCUT2D eigenvalue weighted by atomic mass is 10.1. The summed E-state index contributed by atoms with van der Waals surface area (Å²) in [5.41, 5.74) is 0.194. The molecular weight excluding hydrogens is 244 g/mol. The first-order chi connectivity index (χ1) is 8.06. The van der Waals surface area contributed by atoms with Crippen molar-refractivity contribution in [3.05, 3.63) is 22.7 Å². The summed E-state index contributed by atoms with van der Waals surface area (Å²) in [6, 6.07) is 2.76. The van der Waals surface area contributed by atoms with Gasteiger partial charge in [0, 0.05) is 26.2 Å². The molecule has 0 aliphatic rings. The number of Topliss-reactive ketones (excluding diaryl/α,β-unsaturated/α-hetero) is 1. The summed E-state index contributed by atoms with van der Waals surface area (Å²) in [5, 5.41) is 9.92. The van der Waals surface area contributed by atoms with E-state index >= 15 is 0 Å². The maximum absolute atomic E-state index is 11.2. The van der Waals surface area contributed by atoms with Gasteiger partial charge in [0.1, 0.15) is 11.5 Å². The summed E-state index contributed by atoms with van der Waals surface area (Å²) in [5.74, 6) is 0.00393. The van der Waals surface area contributed by atoms with E-state index in [1.165, 1.54) is 19.1 Å². The Bertz CT molecular complexity index is 404. The Balaban J connectivity index is 2.74. The minimum atomic E-state index is -0.240. The van der Waals surface area contributed by atoms with Crippen LogP contribution < -0.4 is 4.74 Å². The molecule has 0 aromatic heterocycles. The number of ether oxygens (including phenoxy) is 2. The summed E-state index contributed by atoms with van der Waals surface area (Å²) in [6.07, 6.45) is 0.724. The van der Waals surface area contributed by atoms with Gasteiger partial charge >= 0.3 is 0 Å². The fraction of sp³-hybridized carbons (Fsp3) is 0.417. The monoisotopic (exact) mass is 258 g/mol. The van der Waals surface area contributed by atoms with Gasteiger partial charge in [-0.25, -0.2) is 0 Å². The van der Waals surface area contributed by atoms with Gasteiger partial charge in [-0.3, -0.25) is 4.79 Å². The van der Waals surface area contributed by atoms with Crippen molar-refractivity contribution in [1.29, 1.82) is 0 Å². The average Bonchev–Trinajstić information content (AvgIpc) is 2.28. The lowest BCUT2D eigenvalue weighted by Crippen LogP contribution is -2.02. The van der Waals surface area contributed by atoms with Gasteiger partial charge in [0.05, 0.1) is 17.2 Å². The van der Waals surface area contributed by atoms with Crippen molar-refractivity contribution in [3.8, 4) is 11.5 Å². The molecule has 0 spiro atoms. The Labute approximate surface area is 105 Å². The van der Waals surface area contributed by atoms with Crippen LogP contribution in [-0.4, -0.2) is 31.2 Å². The standard InChI is InChI=1S/C12H15ClO4/c1-8(14)9-6-10(13)12(7-11(9)15)17-5-3-4-16-2/h6-7,15H,3-5H2,1-2H3. The second-order valence-electron chi connectivity index (χ2n) is 3.55. The minimum Gasteiger partial charge on any atom is -0.507 e. The van der Waals surface area contributed by atoms with Crippen molar-refractivity contribution in [2.45, 2.75) is 13.3 Å². The van der Waals surface area contributed by atoms with Crippen LogP contribution in [0.5, 0.6) is 11.5 Å². The molecule has 94 valence electrons. The molecule has 0 aliphatic carbocycles. The molecule has 0 aliphatic heterocycles. The average molecular weight is 259 g/mol. The number of ketones is 1. The van der Waals surface area contributed by atoms with Crippen LogP contribution in [0.2, 0.25) is 5.02 Å². The maximum Gasteiger partial charge on any atom is 0.163 e. The van der Waals surface area contributed by atoms with Crippen LogP contribution in [-0.2, 0) is 4.74 Å². The van der Waals surface area contributed by atoms with Crippen LogP contribution in [0.25, 0.3) is 0 Å². The third-order valence-corrected chi connectivity index (χ3v) is 2.48. The van der Waals surface area contributed by atoms with E-state index in [4.69, 9.17) is 21.1 Å². The van der Waals surface area contributed by atoms with E-state index in [0.29, 0.717) is 24.0 Å². The van der Waals surface area contributed by atoms with Gasteiger partial charge in [0.15, 0.2) is 5.78 Å². The lowest BCUT2D eigenvalue weighted by molar-refractivity contribution is 0.101. The molecule has 0 radical (unpaired) electrons. The van der Waals surface area contributed by atoms with Crippen molar-refractivity contribution in [1.82, 2.24) is 0 Å². The Kier molecular flexibility index (Phi) is 5.25. The van der Waals surface area contributed by atoms with E-state index in [1.54, 1.807) is 7.11 Å². The summed E-state index contributed by atoms with van der Waals surface area (Å²) in [6.45, 7) is 2.39. The number of rotatable bonds is 6. The number of halogens is 1. The summed E-state index contributed by atoms with van der Waals surface area (Å²) in [4.78, 5) is 11.2. The zero-order valence-electron chi connectivity index (χ0n) is 9.83. The zero-order chi connectivity index (χ0) is 12.8. The number of carbonyl (C=O) groups is 1. The van der Waals surface area contributed by atoms with E-state index in [0.717, 1.165) is 6.42 Å². The van der Waals surface area contributed by atoms with E-state index in [1.807, 2.05) is 0 Å². The number of phenolic OH excluding ortho intramolecular Hbond substituents is 1. The van der Waals surface area contributed by atoms with Gasteiger partial charge in [-0.2, -0.15) is 0 Å². The normalized spacial score (nSPS) is 10.3. The quantitative estimate of drug-likeness (QED) is 0.630. The second-order valence-corrected chi connectivity index (χ2v) is 3.96. The third kappa shape index (κ3) is 3.91. The smallest absolute Gasteiger partial charge is 0.163 e. The number of aromatic hydroxyl groups is 1. The molecule has 0 saturated carbocycles. The second kappa shape index (κ2) is 6.47. The van der Waals surface area contributed by atoms with Crippen LogP contribution >= 0.6 is 11.6 Å².